The molecule has 1 aromatic carbocycles. The number of hydrogen-bond acceptors (Lipinski definition) is 7. The molecule has 2 aliphatic rings. The van der Waals surface area contributed by atoms with Crippen LogP contribution in [0.15, 0.2) is 18.3 Å². The molecule has 32 heavy (non-hydrogen) atoms. The van der Waals surface area contributed by atoms with Gasteiger partial charge in [0.1, 0.15) is 22.9 Å². The molecule has 2 atom stereocenters. The van der Waals surface area contributed by atoms with Crippen LogP contribution < -0.4 is 15.4 Å². The van der Waals surface area contributed by atoms with E-state index in [-0.39, 0.29) is 41.6 Å². The number of nitrogens with one attached hydrogen (secondary N) is 2. The average molecular weight is 455 g/mol. The zero-order valence-corrected chi connectivity index (χ0v) is 17.3. The van der Waals surface area contributed by atoms with Crippen molar-refractivity contribution in [1.82, 2.24) is 14.9 Å². The van der Waals surface area contributed by atoms with Gasteiger partial charge in [-0.2, -0.15) is 18.2 Å². The highest BCUT2D eigenvalue weighted by atomic mass is 19.4. The predicted octanol–water partition coefficient (Wildman–Crippen LogP) is 3.43. The third kappa shape index (κ3) is 4.14. The van der Waals surface area contributed by atoms with E-state index in [1.54, 1.807) is 11.8 Å². The SMILES string of the molecule is CCNc1nc(Nc2cc(F)c(C(=O)N3CC4C[C@H]3CO4)cc2OC)ncc1C(F)(F)F. The van der Waals surface area contributed by atoms with Crippen molar-refractivity contribution in [3.63, 3.8) is 0 Å². The maximum atomic E-state index is 14.9. The lowest BCUT2D eigenvalue weighted by molar-refractivity contribution is -0.137. The molecule has 2 saturated heterocycles. The molecule has 1 aromatic heterocycles. The normalized spacial score (nSPS) is 19.9. The fourth-order valence-electron chi connectivity index (χ4n) is 3.86. The molecule has 1 amide bonds. The Hall–Kier alpha value is -3.15. The van der Waals surface area contributed by atoms with Crippen LogP contribution in [0.5, 0.6) is 5.75 Å². The third-order valence-corrected chi connectivity index (χ3v) is 5.37. The highest BCUT2D eigenvalue weighted by molar-refractivity contribution is 5.96. The number of aromatic nitrogens is 2. The molecule has 1 unspecified atom stereocenters. The first-order chi connectivity index (χ1) is 15.2. The van der Waals surface area contributed by atoms with Crippen LogP contribution in [0, 0.1) is 5.82 Å². The zero-order valence-electron chi connectivity index (χ0n) is 17.3. The van der Waals surface area contributed by atoms with Gasteiger partial charge in [0.2, 0.25) is 5.95 Å². The minimum Gasteiger partial charge on any atom is -0.495 e. The molecule has 2 aromatic rings. The minimum absolute atomic E-state index is 0.0300. The van der Waals surface area contributed by atoms with Gasteiger partial charge in [-0.1, -0.05) is 0 Å². The summed E-state index contributed by atoms with van der Waals surface area (Å²) in [5.41, 5.74) is -1.12. The summed E-state index contributed by atoms with van der Waals surface area (Å²) in [6.45, 7) is 2.66. The van der Waals surface area contributed by atoms with E-state index in [4.69, 9.17) is 9.47 Å². The number of morpholine rings is 1. The van der Waals surface area contributed by atoms with Crippen molar-refractivity contribution < 1.29 is 31.8 Å². The summed E-state index contributed by atoms with van der Waals surface area (Å²) < 4.78 is 65.1. The number of anilines is 3. The van der Waals surface area contributed by atoms with Crippen LogP contribution in [0.3, 0.4) is 0 Å². The maximum absolute atomic E-state index is 14.9. The van der Waals surface area contributed by atoms with Gasteiger partial charge >= 0.3 is 6.18 Å². The second-order valence-electron chi connectivity index (χ2n) is 7.44. The number of fused-ring (bicyclic) bond motifs is 2. The van der Waals surface area contributed by atoms with Crippen molar-refractivity contribution >= 4 is 23.4 Å². The second kappa shape index (κ2) is 8.41. The lowest BCUT2D eigenvalue weighted by atomic mass is 10.1. The third-order valence-electron chi connectivity index (χ3n) is 5.37. The summed E-state index contributed by atoms with van der Waals surface area (Å²) in [4.78, 5) is 22.0. The smallest absolute Gasteiger partial charge is 0.421 e. The Labute approximate surface area is 180 Å². The second-order valence-corrected chi connectivity index (χ2v) is 7.44. The molecule has 12 heteroatoms. The Morgan fingerprint density at radius 1 is 1.38 bits per heavy atom. The standard InChI is InChI=1S/C20H21F4N5O3/c1-3-25-17-13(20(22,23)24)7-26-19(28-17)27-15-6-14(21)12(5-16(15)31-2)18(30)29-8-11-4-10(29)9-32-11/h5-7,10-11H,3-4,8-9H2,1-2H3,(H2,25,26,27,28)/t10-,11?/m0/s1. The highest BCUT2D eigenvalue weighted by Gasteiger charge is 2.42. The van der Waals surface area contributed by atoms with Crippen molar-refractivity contribution in [2.24, 2.45) is 0 Å². The van der Waals surface area contributed by atoms with Gasteiger partial charge < -0.3 is 25.0 Å². The van der Waals surface area contributed by atoms with Crippen LogP contribution >= 0.6 is 0 Å². The topological polar surface area (TPSA) is 88.6 Å². The monoisotopic (exact) mass is 455 g/mol. The molecule has 0 radical (unpaired) electrons. The van der Waals surface area contributed by atoms with Crippen LogP contribution in [0.25, 0.3) is 0 Å². The first kappa shape index (κ1) is 22.1. The van der Waals surface area contributed by atoms with Crippen molar-refractivity contribution in [3.8, 4) is 5.75 Å². The van der Waals surface area contributed by atoms with E-state index in [9.17, 15) is 22.4 Å². The molecule has 2 fully saturated rings. The highest BCUT2D eigenvalue weighted by Crippen LogP contribution is 2.36. The summed E-state index contributed by atoms with van der Waals surface area (Å²) in [7, 11) is 1.33. The summed E-state index contributed by atoms with van der Waals surface area (Å²) in [5.74, 6) is -1.76. The number of carbonyl (C=O) groups excluding carboxylic acids is 1. The van der Waals surface area contributed by atoms with Crippen LogP contribution in [-0.2, 0) is 10.9 Å². The maximum Gasteiger partial charge on any atom is 0.421 e. The molecule has 0 saturated carbocycles. The largest absolute Gasteiger partial charge is 0.495 e. The number of likely N-dealkylation sites (tertiary alicyclic amines) is 1. The van der Waals surface area contributed by atoms with Gasteiger partial charge in [0.05, 0.1) is 37.1 Å². The molecule has 2 bridgehead atoms. The fraction of sp³-hybridized carbons (Fsp3) is 0.450. The Morgan fingerprint density at radius 3 is 2.75 bits per heavy atom. The number of carbonyl (C=O) groups is 1. The molecule has 2 aliphatic heterocycles. The minimum atomic E-state index is -4.64. The van der Waals surface area contributed by atoms with E-state index < -0.39 is 29.3 Å². The number of amides is 1. The summed E-state index contributed by atoms with van der Waals surface area (Å²) in [5, 5.41) is 5.21. The summed E-state index contributed by atoms with van der Waals surface area (Å²) in [6.07, 6.45) is -3.30. The first-order valence-electron chi connectivity index (χ1n) is 9.96. The predicted molar refractivity (Wildman–Crippen MR) is 107 cm³/mol. The van der Waals surface area contributed by atoms with Gasteiger partial charge in [0.25, 0.3) is 5.91 Å². The number of nitrogens with zero attached hydrogens (tertiary/aromatic N) is 3. The van der Waals surface area contributed by atoms with E-state index in [0.29, 0.717) is 19.3 Å². The molecule has 0 aliphatic carbocycles. The number of halogens is 4. The summed E-state index contributed by atoms with van der Waals surface area (Å²) in [6, 6.07) is 2.20. The van der Waals surface area contributed by atoms with E-state index in [2.05, 4.69) is 20.6 Å². The van der Waals surface area contributed by atoms with Crippen LogP contribution in [0.4, 0.5) is 35.0 Å². The number of alkyl halides is 3. The molecule has 3 heterocycles. The fourth-order valence-corrected chi connectivity index (χ4v) is 3.86. The van der Waals surface area contributed by atoms with E-state index in [1.807, 2.05) is 0 Å². The van der Waals surface area contributed by atoms with E-state index in [1.165, 1.54) is 13.2 Å². The van der Waals surface area contributed by atoms with Crippen LogP contribution in [0.2, 0.25) is 0 Å². The zero-order chi connectivity index (χ0) is 23.0. The van der Waals surface area contributed by atoms with E-state index in [0.717, 1.165) is 12.5 Å². The lowest BCUT2D eigenvalue weighted by Gasteiger charge is -2.27. The quantitative estimate of drug-likeness (QED) is 0.646. The van der Waals surface area contributed by atoms with Gasteiger partial charge in [-0.25, -0.2) is 9.37 Å². The van der Waals surface area contributed by atoms with Gasteiger partial charge in [-0.3, -0.25) is 4.79 Å². The van der Waals surface area contributed by atoms with Crippen molar-refractivity contribution in [3.05, 3.63) is 35.3 Å². The van der Waals surface area contributed by atoms with Crippen LogP contribution in [-0.4, -0.2) is 59.7 Å². The number of hydrogen-bond donors (Lipinski definition) is 2. The lowest BCUT2D eigenvalue weighted by Crippen LogP contribution is -2.41. The summed E-state index contributed by atoms with van der Waals surface area (Å²) >= 11 is 0. The van der Waals surface area contributed by atoms with Crippen molar-refractivity contribution in [2.75, 3.05) is 37.4 Å². The number of rotatable bonds is 6. The van der Waals surface area contributed by atoms with Gasteiger partial charge in [0, 0.05) is 25.4 Å². The van der Waals surface area contributed by atoms with E-state index >= 15 is 0 Å². The Balaban J connectivity index is 1.61. The number of methoxy groups -OCH3 is 1. The van der Waals surface area contributed by atoms with Gasteiger partial charge in [-0.05, 0) is 19.4 Å². The van der Waals surface area contributed by atoms with Gasteiger partial charge in [-0.15, -0.1) is 0 Å². The molecule has 0 spiro atoms. The Kier molecular flexibility index (Phi) is 5.80. The Bertz CT molecular complexity index is 1030. The number of benzene rings is 1. The average Bonchev–Trinajstić information content (AvgIpc) is 3.37. The molecule has 8 nitrogen and oxygen atoms in total. The molecular weight excluding hydrogens is 434 g/mol. The van der Waals surface area contributed by atoms with Crippen LogP contribution in [0.1, 0.15) is 29.3 Å². The van der Waals surface area contributed by atoms with Crippen molar-refractivity contribution in [1.29, 1.82) is 0 Å². The van der Waals surface area contributed by atoms with Crippen molar-refractivity contribution in [2.45, 2.75) is 31.7 Å². The van der Waals surface area contributed by atoms with Gasteiger partial charge in [0.15, 0.2) is 0 Å². The molecule has 2 N–H and O–H groups in total. The molecule has 172 valence electrons. The molecule has 4 rings (SSSR count). The Morgan fingerprint density at radius 2 is 2.16 bits per heavy atom. The number of ether oxygens (including phenoxy) is 2. The first-order valence-corrected chi connectivity index (χ1v) is 9.96. The molecular formula is C20H21F4N5O3.